The standard InChI is InChI=1S/C23H28N2O5S2/c1-17-2-4-19(5-3-17)31-15-10-24-23(26)18-8-11-25(12-9-18)32(27,28)20-6-7-21-22(16-20)30-14-13-29-21/h2-7,16,18H,8-15H2,1H3,(H,24,26). The molecule has 9 heteroatoms. The van der Waals surface area contributed by atoms with E-state index in [0.717, 1.165) is 5.75 Å². The molecule has 2 heterocycles. The topological polar surface area (TPSA) is 84.9 Å². The number of hydrogen-bond acceptors (Lipinski definition) is 6. The van der Waals surface area contributed by atoms with Crippen LogP contribution in [0.5, 0.6) is 11.5 Å². The lowest BCUT2D eigenvalue weighted by Crippen LogP contribution is -2.43. The van der Waals surface area contributed by atoms with Crippen LogP contribution in [0.2, 0.25) is 0 Å². The van der Waals surface area contributed by atoms with Crippen molar-refractivity contribution in [2.24, 2.45) is 5.92 Å². The van der Waals surface area contributed by atoms with Crippen LogP contribution in [-0.4, -0.2) is 57.2 Å². The van der Waals surface area contributed by atoms with Gasteiger partial charge in [0.1, 0.15) is 13.2 Å². The van der Waals surface area contributed by atoms with E-state index in [1.807, 2.05) is 0 Å². The number of aryl methyl sites for hydroxylation is 1. The quantitative estimate of drug-likeness (QED) is 0.488. The van der Waals surface area contributed by atoms with E-state index in [1.54, 1.807) is 23.9 Å². The number of carbonyl (C=O) groups is 1. The van der Waals surface area contributed by atoms with Crippen LogP contribution in [0, 0.1) is 12.8 Å². The van der Waals surface area contributed by atoms with Gasteiger partial charge in [0, 0.05) is 42.3 Å². The molecule has 172 valence electrons. The molecule has 0 radical (unpaired) electrons. The van der Waals surface area contributed by atoms with Gasteiger partial charge in [0.05, 0.1) is 4.90 Å². The van der Waals surface area contributed by atoms with Gasteiger partial charge >= 0.3 is 0 Å². The Hall–Kier alpha value is -2.23. The van der Waals surface area contributed by atoms with Crippen molar-refractivity contribution in [3.63, 3.8) is 0 Å². The van der Waals surface area contributed by atoms with E-state index < -0.39 is 10.0 Å². The Balaban J connectivity index is 1.25. The van der Waals surface area contributed by atoms with Crippen molar-refractivity contribution in [1.82, 2.24) is 9.62 Å². The van der Waals surface area contributed by atoms with Gasteiger partial charge in [-0.1, -0.05) is 17.7 Å². The molecule has 1 amide bonds. The molecule has 0 atom stereocenters. The molecule has 2 aromatic rings. The van der Waals surface area contributed by atoms with E-state index >= 15 is 0 Å². The van der Waals surface area contributed by atoms with E-state index in [4.69, 9.17) is 9.47 Å². The van der Waals surface area contributed by atoms with Gasteiger partial charge in [-0.2, -0.15) is 4.31 Å². The van der Waals surface area contributed by atoms with Crippen molar-refractivity contribution in [2.45, 2.75) is 29.6 Å². The van der Waals surface area contributed by atoms with Crippen LogP contribution in [0.3, 0.4) is 0 Å². The summed E-state index contributed by atoms with van der Waals surface area (Å²) >= 11 is 1.71. The Morgan fingerprint density at radius 1 is 1.06 bits per heavy atom. The van der Waals surface area contributed by atoms with Gasteiger partial charge in [0.25, 0.3) is 0 Å². The fourth-order valence-electron chi connectivity index (χ4n) is 3.81. The van der Waals surface area contributed by atoms with Crippen LogP contribution in [0.4, 0.5) is 0 Å². The zero-order valence-corrected chi connectivity index (χ0v) is 19.7. The normalized spacial score (nSPS) is 17.2. The molecular weight excluding hydrogens is 448 g/mol. The number of hydrogen-bond donors (Lipinski definition) is 1. The molecule has 1 N–H and O–H groups in total. The summed E-state index contributed by atoms with van der Waals surface area (Å²) in [4.78, 5) is 13.9. The summed E-state index contributed by atoms with van der Waals surface area (Å²) in [5.74, 6) is 1.66. The number of fused-ring (bicyclic) bond motifs is 1. The number of rotatable bonds is 7. The molecule has 0 bridgehead atoms. The molecule has 0 saturated carbocycles. The largest absolute Gasteiger partial charge is 0.486 e. The third-order valence-corrected chi connectivity index (χ3v) is 8.58. The van der Waals surface area contributed by atoms with Crippen molar-refractivity contribution in [3.05, 3.63) is 48.0 Å². The van der Waals surface area contributed by atoms with Crippen LogP contribution in [0.25, 0.3) is 0 Å². The van der Waals surface area contributed by atoms with Crippen molar-refractivity contribution in [2.75, 3.05) is 38.6 Å². The van der Waals surface area contributed by atoms with Crippen LogP contribution in [-0.2, 0) is 14.8 Å². The van der Waals surface area contributed by atoms with Gasteiger partial charge in [0.2, 0.25) is 15.9 Å². The van der Waals surface area contributed by atoms with E-state index in [0.29, 0.717) is 57.2 Å². The van der Waals surface area contributed by atoms with E-state index in [9.17, 15) is 13.2 Å². The molecule has 0 spiro atoms. The average molecular weight is 477 g/mol. The molecule has 0 aliphatic carbocycles. The number of sulfonamides is 1. The van der Waals surface area contributed by atoms with Gasteiger partial charge in [-0.15, -0.1) is 11.8 Å². The maximum atomic E-state index is 13.0. The first-order valence-electron chi connectivity index (χ1n) is 10.8. The number of amides is 1. The molecule has 4 rings (SSSR count). The first kappa shape index (κ1) is 22.9. The number of ether oxygens (including phenoxy) is 2. The lowest BCUT2D eigenvalue weighted by molar-refractivity contribution is -0.125. The van der Waals surface area contributed by atoms with Crippen LogP contribution in [0.15, 0.2) is 52.3 Å². The maximum Gasteiger partial charge on any atom is 0.243 e. The van der Waals surface area contributed by atoms with Gasteiger partial charge in [-0.05, 0) is 44.0 Å². The summed E-state index contributed by atoms with van der Waals surface area (Å²) in [6.45, 7) is 4.16. The highest BCUT2D eigenvalue weighted by Gasteiger charge is 2.32. The fourth-order valence-corrected chi connectivity index (χ4v) is 6.07. The van der Waals surface area contributed by atoms with Crippen LogP contribution < -0.4 is 14.8 Å². The Kier molecular flexibility index (Phi) is 7.27. The lowest BCUT2D eigenvalue weighted by atomic mass is 9.97. The van der Waals surface area contributed by atoms with E-state index in [2.05, 4.69) is 36.5 Å². The van der Waals surface area contributed by atoms with E-state index in [-0.39, 0.29) is 16.7 Å². The van der Waals surface area contributed by atoms with Crippen molar-refractivity contribution in [1.29, 1.82) is 0 Å². The second kappa shape index (κ2) is 10.1. The van der Waals surface area contributed by atoms with Gasteiger partial charge in [-0.3, -0.25) is 4.79 Å². The molecule has 0 aromatic heterocycles. The fraction of sp³-hybridized carbons (Fsp3) is 0.435. The maximum absolute atomic E-state index is 13.0. The minimum atomic E-state index is -3.64. The minimum Gasteiger partial charge on any atom is -0.486 e. The summed E-state index contributed by atoms with van der Waals surface area (Å²) in [5.41, 5.74) is 1.23. The van der Waals surface area contributed by atoms with Crippen molar-refractivity contribution < 1.29 is 22.7 Å². The summed E-state index contributed by atoms with van der Waals surface area (Å²) in [5, 5.41) is 3.00. The van der Waals surface area contributed by atoms with Crippen molar-refractivity contribution in [3.8, 4) is 11.5 Å². The Morgan fingerprint density at radius 3 is 2.47 bits per heavy atom. The molecule has 0 unspecified atom stereocenters. The monoisotopic (exact) mass is 476 g/mol. The molecular formula is C23H28N2O5S2. The molecule has 1 saturated heterocycles. The summed E-state index contributed by atoms with van der Waals surface area (Å²) < 4.78 is 38.5. The smallest absolute Gasteiger partial charge is 0.243 e. The first-order chi connectivity index (χ1) is 15.4. The Bertz CT molecular complexity index is 1050. The van der Waals surface area contributed by atoms with Gasteiger partial charge < -0.3 is 14.8 Å². The summed E-state index contributed by atoms with van der Waals surface area (Å²) in [6.07, 6.45) is 1.03. The Labute approximate surface area is 193 Å². The predicted molar refractivity (Wildman–Crippen MR) is 124 cm³/mol. The zero-order chi connectivity index (χ0) is 22.6. The molecule has 1 fully saturated rings. The second-order valence-corrected chi connectivity index (χ2v) is 11.0. The summed E-state index contributed by atoms with van der Waals surface area (Å²) in [6, 6.07) is 13.0. The second-order valence-electron chi connectivity index (χ2n) is 7.94. The number of benzene rings is 2. The zero-order valence-electron chi connectivity index (χ0n) is 18.1. The number of nitrogens with one attached hydrogen (secondary N) is 1. The number of thioether (sulfide) groups is 1. The van der Waals surface area contributed by atoms with Crippen LogP contribution in [0.1, 0.15) is 18.4 Å². The third kappa shape index (κ3) is 5.39. The highest BCUT2D eigenvalue weighted by Crippen LogP contribution is 2.34. The number of nitrogens with zero attached hydrogens (tertiary/aromatic N) is 1. The number of carbonyl (C=O) groups excluding carboxylic acids is 1. The SMILES string of the molecule is Cc1ccc(SCCNC(=O)C2CCN(S(=O)(=O)c3ccc4c(c3)OCCO4)CC2)cc1. The molecule has 2 aliphatic heterocycles. The average Bonchev–Trinajstić information content (AvgIpc) is 2.82. The first-order valence-corrected chi connectivity index (χ1v) is 13.2. The van der Waals surface area contributed by atoms with Crippen molar-refractivity contribution >= 4 is 27.7 Å². The molecule has 2 aliphatic rings. The van der Waals surface area contributed by atoms with Crippen LogP contribution >= 0.6 is 11.8 Å². The Morgan fingerprint density at radius 2 is 1.75 bits per heavy atom. The highest BCUT2D eigenvalue weighted by molar-refractivity contribution is 7.99. The number of piperidine rings is 1. The molecule has 32 heavy (non-hydrogen) atoms. The highest BCUT2D eigenvalue weighted by atomic mass is 32.2. The van der Waals surface area contributed by atoms with Gasteiger partial charge in [-0.25, -0.2) is 8.42 Å². The molecule has 2 aromatic carbocycles. The third-order valence-electron chi connectivity index (χ3n) is 5.67. The predicted octanol–water partition coefficient (Wildman–Crippen LogP) is 3.08. The summed E-state index contributed by atoms with van der Waals surface area (Å²) in [7, 11) is -3.64. The minimum absolute atomic E-state index is 0.00545. The molecule has 7 nitrogen and oxygen atoms in total. The van der Waals surface area contributed by atoms with Gasteiger partial charge in [0.15, 0.2) is 11.5 Å². The van der Waals surface area contributed by atoms with E-state index in [1.165, 1.54) is 20.8 Å². The lowest BCUT2D eigenvalue weighted by Gasteiger charge is -2.30.